The van der Waals surface area contributed by atoms with Crippen LogP contribution >= 0.6 is 0 Å². The summed E-state index contributed by atoms with van der Waals surface area (Å²) in [7, 11) is 0. The van der Waals surface area contributed by atoms with E-state index in [1.165, 1.54) is 0 Å². The standard InChI is InChI=1S/C21H32N4O5/c1-15-13-17(30-22-15)19(27)24-11-9-23(10-12-24)18(26)14-16-5-7-25(8-6-16)20(28)29-21(2,3)4/h13,16H,5-12,14H2,1-4H3. The minimum atomic E-state index is -0.500. The van der Waals surface area contributed by atoms with Gasteiger partial charge in [-0.05, 0) is 46.5 Å². The molecule has 2 aliphatic heterocycles. The Morgan fingerprint density at radius 3 is 2.17 bits per heavy atom. The molecule has 0 saturated carbocycles. The van der Waals surface area contributed by atoms with Crippen LogP contribution in [0.1, 0.15) is 56.3 Å². The molecule has 1 aromatic rings. The molecule has 3 amide bonds. The van der Waals surface area contributed by atoms with E-state index in [0.717, 1.165) is 12.8 Å². The fraction of sp³-hybridized carbons (Fsp3) is 0.714. The topological polar surface area (TPSA) is 96.2 Å². The number of nitrogens with zero attached hydrogens (tertiary/aromatic N) is 4. The van der Waals surface area contributed by atoms with E-state index < -0.39 is 5.60 Å². The van der Waals surface area contributed by atoms with Gasteiger partial charge in [0.15, 0.2) is 0 Å². The summed E-state index contributed by atoms with van der Waals surface area (Å²) in [6.45, 7) is 10.6. The number of aryl methyl sites for hydroxylation is 1. The van der Waals surface area contributed by atoms with Crippen LogP contribution in [0.3, 0.4) is 0 Å². The molecule has 0 unspecified atom stereocenters. The predicted octanol–water partition coefficient (Wildman–Crippen LogP) is 2.30. The van der Waals surface area contributed by atoms with Gasteiger partial charge in [0.1, 0.15) is 5.60 Å². The zero-order chi connectivity index (χ0) is 21.9. The third-order valence-corrected chi connectivity index (χ3v) is 5.49. The molecule has 3 heterocycles. The lowest BCUT2D eigenvalue weighted by molar-refractivity contribution is -0.134. The van der Waals surface area contributed by atoms with Gasteiger partial charge in [-0.15, -0.1) is 0 Å². The van der Waals surface area contributed by atoms with Gasteiger partial charge >= 0.3 is 6.09 Å². The molecule has 2 fully saturated rings. The number of hydrogen-bond donors (Lipinski definition) is 0. The summed E-state index contributed by atoms with van der Waals surface area (Å²) < 4.78 is 10.5. The molecule has 0 aliphatic carbocycles. The largest absolute Gasteiger partial charge is 0.444 e. The molecule has 0 N–H and O–H groups in total. The van der Waals surface area contributed by atoms with Crippen LogP contribution < -0.4 is 0 Å². The number of piperazine rings is 1. The van der Waals surface area contributed by atoms with Gasteiger partial charge in [-0.2, -0.15) is 0 Å². The number of piperidine rings is 1. The van der Waals surface area contributed by atoms with E-state index in [4.69, 9.17) is 9.26 Å². The number of carbonyl (C=O) groups is 3. The van der Waals surface area contributed by atoms with E-state index in [2.05, 4.69) is 5.16 Å². The van der Waals surface area contributed by atoms with Crippen LogP contribution in [-0.2, 0) is 9.53 Å². The van der Waals surface area contributed by atoms with Crippen molar-refractivity contribution in [3.63, 3.8) is 0 Å². The number of amides is 3. The summed E-state index contributed by atoms with van der Waals surface area (Å²) in [5.41, 5.74) is 0.171. The van der Waals surface area contributed by atoms with Crippen molar-refractivity contribution in [2.24, 2.45) is 5.92 Å². The first-order valence-corrected chi connectivity index (χ1v) is 10.6. The van der Waals surface area contributed by atoms with Crippen molar-refractivity contribution < 1.29 is 23.6 Å². The van der Waals surface area contributed by atoms with Gasteiger partial charge in [0, 0.05) is 51.8 Å². The highest BCUT2D eigenvalue weighted by Crippen LogP contribution is 2.23. The van der Waals surface area contributed by atoms with Crippen molar-refractivity contribution in [3.8, 4) is 0 Å². The van der Waals surface area contributed by atoms with E-state index >= 15 is 0 Å². The molecular formula is C21H32N4O5. The van der Waals surface area contributed by atoms with Crippen molar-refractivity contribution in [1.29, 1.82) is 0 Å². The lowest BCUT2D eigenvalue weighted by Crippen LogP contribution is -2.51. The SMILES string of the molecule is Cc1cc(C(=O)N2CCN(C(=O)CC3CCN(C(=O)OC(C)(C)C)CC3)CC2)on1. The van der Waals surface area contributed by atoms with Crippen LogP contribution in [0.25, 0.3) is 0 Å². The molecule has 0 atom stereocenters. The summed E-state index contributed by atoms with van der Waals surface area (Å²) in [6.07, 6.45) is 1.80. The Hall–Kier alpha value is -2.58. The zero-order valence-electron chi connectivity index (χ0n) is 18.3. The summed E-state index contributed by atoms with van der Waals surface area (Å²) in [5, 5.41) is 3.75. The van der Waals surface area contributed by atoms with Crippen LogP contribution in [0.2, 0.25) is 0 Å². The average Bonchev–Trinajstić information content (AvgIpc) is 3.13. The van der Waals surface area contributed by atoms with Gasteiger partial charge in [-0.1, -0.05) is 5.16 Å². The van der Waals surface area contributed by atoms with Crippen molar-refractivity contribution >= 4 is 17.9 Å². The van der Waals surface area contributed by atoms with Gasteiger partial charge in [0.25, 0.3) is 5.91 Å². The summed E-state index contributed by atoms with van der Waals surface area (Å²) in [4.78, 5) is 42.5. The van der Waals surface area contributed by atoms with Crippen LogP contribution in [0.15, 0.2) is 10.6 Å². The average molecular weight is 421 g/mol. The number of likely N-dealkylation sites (tertiary alicyclic amines) is 1. The zero-order valence-corrected chi connectivity index (χ0v) is 18.3. The quantitative estimate of drug-likeness (QED) is 0.745. The highest BCUT2D eigenvalue weighted by Gasteiger charge is 2.31. The van der Waals surface area contributed by atoms with Crippen molar-refractivity contribution in [1.82, 2.24) is 19.9 Å². The molecule has 30 heavy (non-hydrogen) atoms. The molecule has 2 aliphatic rings. The molecule has 9 heteroatoms. The van der Waals surface area contributed by atoms with Gasteiger partial charge < -0.3 is 24.0 Å². The van der Waals surface area contributed by atoms with Crippen molar-refractivity contribution in [3.05, 3.63) is 17.5 Å². The molecule has 0 radical (unpaired) electrons. The van der Waals surface area contributed by atoms with Crippen LogP contribution in [-0.4, -0.2) is 82.6 Å². The predicted molar refractivity (Wildman–Crippen MR) is 109 cm³/mol. The van der Waals surface area contributed by atoms with Gasteiger partial charge in [-0.3, -0.25) is 9.59 Å². The van der Waals surface area contributed by atoms with E-state index in [1.807, 2.05) is 25.7 Å². The Kier molecular flexibility index (Phi) is 6.67. The monoisotopic (exact) mass is 420 g/mol. The Morgan fingerprint density at radius 1 is 1.03 bits per heavy atom. The minimum Gasteiger partial charge on any atom is -0.444 e. The molecule has 3 rings (SSSR count). The Morgan fingerprint density at radius 2 is 1.63 bits per heavy atom. The van der Waals surface area contributed by atoms with Crippen LogP contribution in [0.5, 0.6) is 0 Å². The summed E-state index contributed by atoms with van der Waals surface area (Å²) >= 11 is 0. The molecule has 166 valence electrons. The highest BCUT2D eigenvalue weighted by atomic mass is 16.6. The molecule has 0 bridgehead atoms. The van der Waals surface area contributed by atoms with Gasteiger partial charge in [0.2, 0.25) is 11.7 Å². The van der Waals surface area contributed by atoms with Gasteiger partial charge in [-0.25, -0.2) is 4.79 Å². The summed E-state index contributed by atoms with van der Waals surface area (Å²) in [6, 6.07) is 1.63. The number of rotatable bonds is 3. The maximum absolute atomic E-state index is 12.7. The second-order valence-electron chi connectivity index (χ2n) is 9.12. The first kappa shape index (κ1) is 22.1. The third kappa shape index (κ3) is 5.73. The van der Waals surface area contributed by atoms with Crippen molar-refractivity contribution in [2.45, 2.75) is 52.6 Å². The lowest BCUT2D eigenvalue weighted by atomic mass is 9.93. The minimum absolute atomic E-state index is 0.119. The maximum atomic E-state index is 12.7. The van der Waals surface area contributed by atoms with E-state index in [0.29, 0.717) is 51.4 Å². The molecule has 1 aromatic heterocycles. The van der Waals surface area contributed by atoms with E-state index in [-0.39, 0.29) is 29.6 Å². The highest BCUT2D eigenvalue weighted by molar-refractivity contribution is 5.91. The molecule has 9 nitrogen and oxygen atoms in total. The van der Waals surface area contributed by atoms with Crippen LogP contribution in [0.4, 0.5) is 4.79 Å². The molecule has 2 saturated heterocycles. The summed E-state index contributed by atoms with van der Waals surface area (Å²) in [5.74, 6) is 0.447. The molecular weight excluding hydrogens is 388 g/mol. The smallest absolute Gasteiger partial charge is 0.410 e. The molecule has 0 aromatic carbocycles. The number of carbonyl (C=O) groups excluding carboxylic acids is 3. The van der Waals surface area contributed by atoms with E-state index in [1.54, 1.807) is 22.8 Å². The number of aromatic nitrogens is 1. The van der Waals surface area contributed by atoms with Gasteiger partial charge in [0.05, 0.1) is 5.69 Å². The van der Waals surface area contributed by atoms with Crippen LogP contribution in [0, 0.1) is 12.8 Å². The second kappa shape index (κ2) is 9.06. The lowest BCUT2D eigenvalue weighted by Gasteiger charge is -2.36. The fourth-order valence-electron chi connectivity index (χ4n) is 3.80. The fourth-order valence-corrected chi connectivity index (χ4v) is 3.80. The molecule has 0 spiro atoms. The Labute approximate surface area is 177 Å². The maximum Gasteiger partial charge on any atom is 0.410 e. The Bertz CT molecular complexity index is 769. The first-order chi connectivity index (χ1) is 14.1. The van der Waals surface area contributed by atoms with Crippen molar-refractivity contribution in [2.75, 3.05) is 39.3 Å². The third-order valence-electron chi connectivity index (χ3n) is 5.49. The number of ether oxygens (including phenoxy) is 1. The first-order valence-electron chi connectivity index (χ1n) is 10.6. The normalized spacial score (nSPS) is 18.5. The Balaban J connectivity index is 1.40. The van der Waals surface area contributed by atoms with E-state index in [9.17, 15) is 14.4 Å². The number of hydrogen-bond acceptors (Lipinski definition) is 6. The second-order valence-corrected chi connectivity index (χ2v) is 9.12.